The van der Waals surface area contributed by atoms with Crippen molar-refractivity contribution in [3.05, 3.63) is 64.1 Å². The standard InChI is InChI=1S/C17H11ClF4N2O2/c1-26-16(25)15-12-5-3-10(17(20,21)22)6-14(12)24(23-15)8-9-2-4-11(18)7-13(9)19/h2-7H,8H2,1H3. The number of benzene rings is 2. The smallest absolute Gasteiger partial charge is 0.416 e. The number of hydrogen-bond donors (Lipinski definition) is 0. The molecule has 1 aromatic heterocycles. The van der Waals surface area contributed by atoms with Gasteiger partial charge in [0, 0.05) is 16.0 Å². The van der Waals surface area contributed by atoms with Crippen LogP contribution in [-0.4, -0.2) is 22.9 Å². The predicted octanol–water partition coefficient (Wildman–Crippen LogP) is 4.68. The molecular weight excluding hydrogens is 376 g/mol. The number of carbonyl (C=O) groups excluding carboxylic acids is 1. The second-order valence-corrected chi connectivity index (χ2v) is 5.90. The number of carbonyl (C=O) groups is 1. The third kappa shape index (κ3) is 3.37. The number of methoxy groups -OCH3 is 1. The van der Waals surface area contributed by atoms with Crippen LogP contribution in [0.3, 0.4) is 0 Å². The molecule has 136 valence electrons. The van der Waals surface area contributed by atoms with Crippen LogP contribution in [0.15, 0.2) is 36.4 Å². The monoisotopic (exact) mass is 386 g/mol. The second-order valence-electron chi connectivity index (χ2n) is 5.46. The number of hydrogen-bond acceptors (Lipinski definition) is 3. The largest absolute Gasteiger partial charge is 0.464 e. The van der Waals surface area contributed by atoms with Gasteiger partial charge in [0.1, 0.15) is 5.82 Å². The van der Waals surface area contributed by atoms with Crippen LogP contribution in [0, 0.1) is 5.82 Å². The van der Waals surface area contributed by atoms with Crippen molar-refractivity contribution in [1.29, 1.82) is 0 Å². The molecule has 3 aromatic rings. The van der Waals surface area contributed by atoms with E-state index in [4.69, 9.17) is 11.6 Å². The highest BCUT2D eigenvalue weighted by Crippen LogP contribution is 2.32. The number of aromatic nitrogens is 2. The molecule has 9 heteroatoms. The minimum atomic E-state index is -4.57. The molecule has 26 heavy (non-hydrogen) atoms. The molecule has 0 atom stereocenters. The van der Waals surface area contributed by atoms with E-state index in [1.54, 1.807) is 0 Å². The highest BCUT2D eigenvalue weighted by Gasteiger charge is 2.31. The van der Waals surface area contributed by atoms with Crippen molar-refractivity contribution in [3.63, 3.8) is 0 Å². The first-order chi connectivity index (χ1) is 12.2. The van der Waals surface area contributed by atoms with Crippen LogP contribution >= 0.6 is 11.6 Å². The number of esters is 1. The summed E-state index contributed by atoms with van der Waals surface area (Å²) in [4.78, 5) is 11.9. The molecule has 0 saturated carbocycles. The first-order valence-electron chi connectivity index (χ1n) is 7.30. The molecule has 0 radical (unpaired) electrons. The SMILES string of the molecule is COC(=O)c1nn(Cc2ccc(Cl)cc2F)c2cc(C(F)(F)F)ccc12. The molecule has 0 aliphatic heterocycles. The van der Waals surface area contributed by atoms with Crippen LogP contribution in [0.25, 0.3) is 10.9 Å². The summed E-state index contributed by atoms with van der Waals surface area (Å²) in [5.41, 5.74) is -0.855. The van der Waals surface area contributed by atoms with Gasteiger partial charge in [-0.25, -0.2) is 9.18 Å². The zero-order valence-electron chi connectivity index (χ0n) is 13.3. The number of nitrogens with zero attached hydrogens (tertiary/aromatic N) is 2. The maximum Gasteiger partial charge on any atom is 0.416 e. The number of fused-ring (bicyclic) bond motifs is 1. The Bertz CT molecular complexity index is 998. The molecule has 0 amide bonds. The van der Waals surface area contributed by atoms with E-state index in [0.717, 1.165) is 36.1 Å². The van der Waals surface area contributed by atoms with Crippen LogP contribution in [0.4, 0.5) is 17.6 Å². The normalized spacial score (nSPS) is 11.8. The number of rotatable bonds is 3. The Hall–Kier alpha value is -2.61. The summed E-state index contributed by atoms with van der Waals surface area (Å²) in [7, 11) is 1.14. The lowest BCUT2D eigenvalue weighted by Crippen LogP contribution is -2.08. The summed E-state index contributed by atoms with van der Waals surface area (Å²) < 4.78 is 58.8. The van der Waals surface area contributed by atoms with E-state index in [-0.39, 0.29) is 33.7 Å². The zero-order chi connectivity index (χ0) is 19.1. The summed E-state index contributed by atoms with van der Waals surface area (Å²) in [5, 5.41) is 4.38. The molecule has 4 nitrogen and oxygen atoms in total. The quantitative estimate of drug-likeness (QED) is 0.485. The fraction of sp³-hybridized carbons (Fsp3) is 0.176. The lowest BCUT2D eigenvalue weighted by Gasteiger charge is -2.09. The first-order valence-corrected chi connectivity index (χ1v) is 7.68. The van der Waals surface area contributed by atoms with Gasteiger partial charge in [0.25, 0.3) is 0 Å². The molecule has 0 saturated heterocycles. The van der Waals surface area contributed by atoms with Gasteiger partial charge < -0.3 is 4.74 Å². The van der Waals surface area contributed by atoms with Crippen molar-refractivity contribution >= 4 is 28.5 Å². The Morgan fingerprint density at radius 1 is 1.23 bits per heavy atom. The maximum absolute atomic E-state index is 14.0. The van der Waals surface area contributed by atoms with E-state index in [1.165, 1.54) is 12.1 Å². The van der Waals surface area contributed by atoms with Crippen LogP contribution < -0.4 is 0 Å². The van der Waals surface area contributed by atoms with Crippen molar-refractivity contribution < 1.29 is 27.1 Å². The fourth-order valence-corrected chi connectivity index (χ4v) is 2.69. The molecule has 0 spiro atoms. The fourth-order valence-electron chi connectivity index (χ4n) is 2.53. The highest BCUT2D eigenvalue weighted by atomic mass is 35.5. The summed E-state index contributed by atoms with van der Waals surface area (Å²) in [6.45, 7) is -0.183. The Labute approximate surface area is 149 Å². The van der Waals surface area contributed by atoms with Gasteiger partial charge in [-0.15, -0.1) is 0 Å². The van der Waals surface area contributed by atoms with Gasteiger partial charge in [0.15, 0.2) is 5.69 Å². The summed E-state index contributed by atoms with van der Waals surface area (Å²) in [6.07, 6.45) is -4.57. The van der Waals surface area contributed by atoms with Gasteiger partial charge in [0.05, 0.1) is 24.7 Å². The third-order valence-electron chi connectivity index (χ3n) is 3.79. The van der Waals surface area contributed by atoms with Crippen molar-refractivity contribution in [2.75, 3.05) is 7.11 Å². The average Bonchev–Trinajstić information content (AvgIpc) is 2.94. The lowest BCUT2D eigenvalue weighted by atomic mass is 10.1. The van der Waals surface area contributed by atoms with Gasteiger partial charge in [0.2, 0.25) is 0 Å². The topological polar surface area (TPSA) is 44.1 Å². The van der Waals surface area contributed by atoms with E-state index >= 15 is 0 Å². The molecule has 0 fully saturated rings. The van der Waals surface area contributed by atoms with Crippen molar-refractivity contribution in [3.8, 4) is 0 Å². The van der Waals surface area contributed by atoms with Crippen LogP contribution in [-0.2, 0) is 17.5 Å². The Morgan fingerprint density at radius 3 is 2.58 bits per heavy atom. The van der Waals surface area contributed by atoms with Crippen molar-refractivity contribution in [1.82, 2.24) is 9.78 Å². The van der Waals surface area contributed by atoms with E-state index in [1.807, 2.05) is 0 Å². The van der Waals surface area contributed by atoms with Crippen molar-refractivity contribution in [2.45, 2.75) is 12.7 Å². The Balaban J connectivity index is 2.17. The van der Waals surface area contributed by atoms with Gasteiger partial charge in [-0.3, -0.25) is 4.68 Å². The Kier molecular flexibility index (Phi) is 4.62. The average molecular weight is 387 g/mol. The van der Waals surface area contributed by atoms with Gasteiger partial charge in [-0.05, 0) is 30.3 Å². The minimum Gasteiger partial charge on any atom is -0.464 e. The van der Waals surface area contributed by atoms with Crippen LogP contribution in [0.5, 0.6) is 0 Å². The summed E-state index contributed by atoms with van der Waals surface area (Å²) in [5.74, 6) is -1.43. The van der Waals surface area contributed by atoms with Crippen LogP contribution in [0.1, 0.15) is 21.6 Å². The maximum atomic E-state index is 14.0. The number of alkyl halides is 3. The lowest BCUT2D eigenvalue weighted by molar-refractivity contribution is -0.137. The summed E-state index contributed by atoms with van der Waals surface area (Å²) in [6, 6.07) is 6.80. The molecule has 0 aliphatic rings. The molecule has 3 rings (SSSR count). The summed E-state index contributed by atoms with van der Waals surface area (Å²) >= 11 is 5.70. The molecule has 1 heterocycles. The first kappa shape index (κ1) is 18.2. The van der Waals surface area contributed by atoms with E-state index in [2.05, 4.69) is 9.84 Å². The Morgan fingerprint density at radius 2 is 1.96 bits per heavy atom. The highest BCUT2D eigenvalue weighted by molar-refractivity contribution is 6.30. The van der Waals surface area contributed by atoms with E-state index < -0.39 is 23.5 Å². The predicted molar refractivity (Wildman–Crippen MR) is 86.6 cm³/mol. The van der Waals surface area contributed by atoms with Gasteiger partial charge in [-0.1, -0.05) is 17.7 Å². The molecule has 0 unspecified atom stereocenters. The zero-order valence-corrected chi connectivity index (χ0v) is 14.0. The van der Waals surface area contributed by atoms with Gasteiger partial charge >= 0.3 is 12.1 Å². The van der Waals surface area contributed by atoms with Crippen LogP contribution in [0.2, 0.25) is 5.02 Å². The molecule has 0 N–H and O–H groups in total. The third-order valence-corrected chi connectivity index (χ3v) is 4.03. The second kappa shape index (κ2) is 6.60. The van der Waals surface area contributed by atoms with E-state index in [0.29, 0.717) is 0 Å². The number of halogens is 5. The van der Waals surface area contributed by atoms with E-state index in [9.17, 15) is 22.4 Å². The minimum absolute atomic E-state index is 0.0366. The van der Waals surface area contributed by atoms with Crippen molar-refractivity contribution in [2.24, 2.45) is 0 Å². The van der Waals surface area contributed by atoms with Gasteiger partial charge in [-0.2, -0.15) is 18.3 Å². The molecule has 2 aromatic carbocycles. The molecular formula is C17H11ClF4N2O2. The number of ether oxygens (including phenoxy) is 1. The molecule has 0 aliphatic carbocycles. The molecule has 0 bridgehead atoms.